The molecule has 2 rings (SSSR count). The second-order valence-electron chi connectivity index (χ2n) is 5.09. The lowest BCUT2D eigenvalue weighted by atomic mass is 10.0. The van der Waals surface area contributed by atoms with Crippen molar-refractivity contribution >= 4 is 27.8 Å². The molecule has 2 aromatic rings. The Bertz CT molecular complexity index is 698. The fourth-order valence-electron chi connectivity index (χ4n) is 2.18. The smallest absolute Gasteiger partial charge is 0.307 e. The van der Waals surface area contributed by atoms with Gasteiger partial charge in [-0.15, -0.1) is 0 Å². The van der Waals surface area contributed by atoms with Gasteiger partial charge in [-0.25, -0.2) is 0 Å². The number of hydrogen-bond acceptors (Lipinski definition) is 4. The van der Waals surface area contributed by atoms with Crippen LogP contribution in [0.4, 0.5) is 0 Å². The Morgan fingerprint density at radius 2 is 1.67 bits per heavy atom. The zero-order chi connectivity index (χ0) is 17.5. The van der Waals surface area contributed by atoms with Gasteiger partial charge in [0.15, 0.2) is 0 Å². The minimum Gasteiger partial charge on any atom is -0.497 e. The van der Waals surface area contributed by atoms with Gasteiger partial charge in [-0.3, -0.25) is 9.59 Å². The molecule has 0 saturated heterocycles. The number of carbonyl (C=O) groups is 2. The summed E-state index contributed by atoms with van der Waals surface area (Å²) in [7, 11) is 2.90. The van der Waals surface area contributed by atoms with Gasteiger partial charge >= 0.3 is 5.97 Å². The summed E-state index contributed by atoms with van der Waals surface area (Å²) in [4.78, 5) is 24.1. The molecule has 6 heteroatoms. The van der Waals surface area contributed by atoms with E-state index in [2.05, 4.69) is 21.2 Å². The summed E-state index contributed by atoms with van der Waals surface area (Å²) < 4.78 is 10.7. The second kappa shape index (κ2) is 8.49. The summed E-state index contributed by atoms with van der Waals surface area (Å²) >= 11 is 3.33. The van der Waals surface area contributed by atoms with E-state index in [1.165, 1.54) is 7.11 Å². The monoisotopic (exact) mass is 391 g/mol. The van der Waals surface area contributed by atoms with E-state index in [0.717, 1.165) is 10.0 Å². The Labute approximate surface area is 149 Å². The minimum absolute atomic E-state index is 0.0467. The van der Waals surface area contributed by atoms with Crippen LogP contribution in [0.15, 0.2) is 53.0 Å². The molecule has 5 nitrogen and oxygen atoms in total. The van der Waals surface area contributed by atoms with Crippen molar-refractivity contribution in [1.82, 2.24) is 5.32 Å². The molecule has 1 amide bonds. The fourth-order valence-corrected chi connectivity index (χ4v) is 2.45. The van der Waals surface area contributed by atoms with E-state index < -0.39 is 12.0 Å². The van der Waals surface area contributed by atoms with Crippen molar-refractivity contribution in [2.75, 3.05) is 14.2 Å². The standard InChI is InChI=1S/C18H18BrNO4/c1-23-15-9-5-12(6-10-15)16(11-17(21)24-2)20-18(22)13-3-7-14(19)8-4-13/h3-10,16H,11H2,1-2H3,(H,20,22). The van der Waals surface area contributed by atoms with Crippen LogP contribution in [0.25, 0.3) is 0 Å². The number of methoxy groups -OCH3 is 2. The molecular weight excluding hydrogens is 374 g/mol. The number of esters is 1. The highest BCUT2D eigenvalue weighted by Gasteiger charge is 2.19. The lowest BCUT2D eigenvalue weighted by Crippen LogP contribution is -2.30. The summed E-state index contributed by atoms with van der Waals surface area (Å²) in [5.41, 5.74) is 1.31. The molecule has 0 fully saturated rings. The fraction of sp³-hybridized carbons (Fsp3) is 0.222. The first kappa shape index (κ1) is 18.0. The molecule has 0 radical (unpaired) electrons. The molecule has 0 saturated carbocycles. The molecule has 0 aromatic heterocycles. The van der Waals surface area contributed by atoms with Gasteiger partial charge in [-0.05, 0) is 42.0 Å². The normalized spacial score (nSPS) is 11.5. The SMILES string of the molecule is COC(=O)CC(NC(=O)c1ccc(Br)cc1)c1ccc(OC)cc1. The van der Waals surface area contributed by atoms with Crippen LogP contribution in [0.1, 0.15) is 28.4 Å². The summed E-state index contributed by atoms with van der Waals surface area (Å²) in [6, 6.07) is 13.7. The van der Waals surface area contributed by atoms with E-state index in [-0.39, 0.29) is 12.3 Å². The van der Waals surface area contributed by atoms with Crippen molar-refractivity contribution in [3.8, 4) is 5.75 Å². The summed E-state index contributed by atoms with van der Waals surface area (Å²) in [6.45, 7) is 0. The minimum atomic E-state index is -0.487. The van der Waals surface area contributed by atoms with Gasteiger partial charge in [-0.2, -0.15) is 0 Å². The summed E-state index contributed by atoms with van der Waals surface area (Å²) in [5.74, 6) is 0.0500. The molecule has 0 aliphatic carbocycles. The van der Waals surface area contributed by atoms with Crippen LogP contribution in [0, 0.1) is 0 Å². The third kappa shape index (κ3) is 4.83. The molecule has 1 atom stereocenters. The van der Waals surface area contributed by atoms with E-state index in [0.29, 0.717) is 11.3 Å². The third-order valence-electron chi connectivity index (χ3n) is 3.53. The number of nitrogens with one attached hydrogen (secondary N) is 1. The molecule has 24 heavy (non-hydrogen) atoms. The lowest BCUT2D eigenvalue weighted by Gasteiger charge is -2.18. The van der Waals surface area contributed by atoms with Gasteiger partial charge in [0.2, 0.25) is 0 Å². The van der Waals surface area contributed by atoms with E-state index >= 15 is 0 Å². The summed E-state index contributed by atoms with van der Waals surface area (Å²) in [5, 5.41) is 2.88. The maximum Gasteiger partial charge on any atom is 0.307 e. The van der Waals surface area contributed by atoms with E-state index in [4.69, 9.17) is 9.47 Å². The van der Waals surface area contributed by atoms with Gasteiger partial charge in [0.25, 0.3) is 5.91 Å². The average Bonchev–Trinajstić information content (AvgIpc) is 2.61. The van der Waals surface area contributed by atoms with Gasteiger partial charge in [0.1, 0.15) is 5.75 Å². The highest BCUT2D eigenvalue weighted by molar-refractivity contribution is 9.10. The molecule has 126 valence electrons. The van der Waals surface area contributed by atoms with Crippen molar-refractivity contribution in [1.29, 1.82) is 0 Å². The average molecular weight is 392 g/mol. The lowest BCUT2D eigenvalue weighted by molar-refractivity contribution is -0.141. The molecule has 0 aliphatic rings. The molecule has 0 heterocycles. The zero-order valence-corrected chi connectivity index (χ0v) is 15.0. The third-order valence-corrected chi connectivity index (χ3v) is 4.06. The second-order valence-corrected chi connectivity index (χ2v) is 6.00. The number of benzene rings is 2. The Kier molecular flexibility index (Phi) is 6.37. The molecule has 0 aliphatic heterocycles. The molecule has 0 bridgehead atoms. The Morgan fingerprint density at radius 3 is 2.21 bits per heavy atom. The number of hydrogen-bond donors (Lipinski definition) is 1. The molecule has 0 spiro atoms. The first-order chi connectivity index (χ1) is 11.5. The number of carbonyl (C=O) groups excluding carboxylic acids is 2. The van der Waals surface area contributed by atoms with E-state index in [1.54, 1.807) is 43.5 Å². The predicted molar refractivity (Wildman–Crippen MR) is 94.0 cm³/mol. The zero-order valence-electron chi connectivity index (χ0n) is 13.4. The number of amides is 1. The molecule has 1 unspecified atom stereocenters. The first-order valence-electron chi connectivity index (χ1n) is 7.30. The van der Waals surface area contributed by atoms with Crippen LogP contribution in [-0.4, -0.2) is 26.1 Å². The molecular formula is C18H18BrNO4. The Balaban J connectivity index is 2.19. The topological polar surface area (TPSA) is 64.6 Å². The van der Waals surface area contributed by atoms with Crippen molar-refractivity contribution in [3.63, 3.8) is 0 Å². The first-order valence-corrected chi connectivity index (χ1v) is 8.10. The Morgan fingerprint density at radius 1 is 1.04 bits per heavy atom. The number of rotatable bonds is 6. The number of ether oxygens (including phenoxy) is 2. The van der Waals surface area contributed by atoms with Crippen molar-refractivity contribution in [2.45, 2.75) is 12.5 Å². The maximum absolute atomic E-state index is 12.4. The van der Waals surface area contributed by atoms with Gasteiger partial charge in [-0.1, -0.05) is 28.1 Å². The number of halogens is 1. The van der Waals surface area contributed by atoms with Gasteiger partial charge in [0.05, 0.1) is 26.7 Å². The van der Waals surface area contributed by atoms with E-state index in [1.807, 2.05) is 12.1 Å². The quantitative estimate of drug-likeness (QED) is 0.765. The van der Waals surface area contributed by atoms with Crippen LogP contribution < -0.4 is 10.1 Å². The predicted octanol–water partition coefficient (Wildman–Crippen LogP) is 3.49. The van der Waals surface area contributed by atoms with Crippen molar-refractivity contribution in [2.24, 2.45) is 0 Å². The molecule has 1 N–H and O–H groups in total. The largest absolute Gasteiger partial charge is 0.497 e. The van der Waals surface area contributed by atoms with Gasteiger partial charge in [0, 0.05) is 10.0 Å². The van der Waals surface area contributed by atoms with Crippen LogP contribution >= 0.6 is 15.9 Å². The maximum atomic E-state index is 12.4. The van der Waals surface area contributed by atoms with Crippen molar-refractivity contribution in [3.05, 3.63) is 64.1 Å². The van der Waals surface area contributed by atoms with E-state index in [9.17, 15) is 9.59 Å². The van der Waals surface area contributed by atoms with Crippen LogP contribution in [0.2, 0.25) is 0 Å². The van der Waals surface area contributed by atoms with Crippen molar-refractivity contribution < 1.29 is 19.1 Å². The Hall–Kier alpha value is -2.34. The highest BCUT2D eigenvalue weighted by atomic mass is 79.9. The highest BCUT2D eigenvalue weighted by Crippen LogP contribution is 2.21. The van der Waals surface area contributed by atoms with Crippen LogP contribution in [0.5, 0.6) is 5.75 Å². The van der Waals surface area contributed by atoms with Crippen LogP contribution in [0.3, 0.4) is 0 Å². The van der Waals surface area contributed by atoms with Crippen LogP contribution in [-0.2, 0) is 9.53 Å². The van der Waals surface area contributed by atoms with Gasteiger partial charge < -0.3 is 14.8 Å². The summed E-state index contributed by atoms with van der Waals surface area (Å²) in [6.07, 6.45) is 0.0467. The molecule has 2 aromatic carbocycles.